The molecule has 2 fully saturated rings. The molecule has 4 N–H and O–H groups in total. The molecule has 0 aliphatic carbocycles. The normalized spacial score (nSPS) is 23.2. The van der Waals surface area contributed by atoms with Crippen molar-refractivity contribution >= 4 is 23.7 Å². The highest BCUT2D eigenvalue weighted by Crippen LogP contribution is 2.38. The number of anilines is 2. The first-order valence-electron chi connectivity index (χ1n) is 8.90. The molecule has 0 bridgehead atoms. The number of hydrogen-bond acceptors (Lipinski definition) is 7. The van der Waals surface area contributed by atoms with E-state index in [1.807, 2.05) is 19.1 Å². The Morgan fingerprint density at radius 3 is 2.59 bits per heavy atom. The summed E-state index contributed by atoms with van der Waals surface area (Å²) < 4.78 is 0. The van der Waals surface area contributed by atoms with Gasteiger partial charge in [0.15, 0.2) is 5.54 Å². The largest absolute Gasteiger partial charge is 0.368 e. The number of rotatable bonds is 3. The van der Waals surface area contributed by atoms with Gasteiger partial charge in [-0.3, -0.25) is 15.1 Å². The molecule has 4 rings (SSSR count). The van der Waals surface area contributed by atoms with Crippen LogP contribution in [0.15, 0.2) is 30.5 Å². The molecule has 2 saturated heterocycles. The lowest BCUT2D eigenvalue weighted by atomic mass is 9.75. The Labute approximate surface area is 156 Å². The van der Waals surface area contributed by atoms with Gasteiger partial charge in [0.05, 0.1) is 5.69 Å². The fraction of sp³-hybridized carbons (Fsp3) is 0.389. The van der Waals surface area contributed by atoms with Gasteiger partial charge in [0.25, 0.3) is 5.91 Å². The average Bonchev–Trinajstić information content (AvgIpc) is 2.97. The topological polar surface area (TPSA) is 126 Å². The lowest BCUT2D eigenvalue weighted by molar-refractivity contribution is -0.126. The zero-order valence-electron chi connectivity index (χ0n) is 15.0. The van der Waals surface area contributed by atoms with E-state index in [1.54, 1.807) is 18.3 Å². The molecule has 1 atom stereocenters. The molecule has 0 radical (unpaired) electrons. The molecule has 2 aliphatic rings. The number of aromatic nitrogens is 3. The Hall–Kier alpha value is -3.23. The zero-order valence-corrected chi connectivity index (χ0v) is 15.0. The fourth-order valence-electron chi connectivity index (χ4n) is 4.02. The fourth-order valence-corrected chi connectivity index (χ4v) is 4.02. The van der Waals surface area contributed by atoms with Crippen molar-refractivity contribution in [1.29, 1.82) is 0 Å². The molecule has 0 aromatic carbocycles. The first kappa shape index (κ1) is 17.2. The maximum atomic E-state index is 12.8. The summed E-state index contributed by atoms with van der Waals surface area (Å²) in [5.74, 6) is 0.618. The minimum atomic E-state index is -1.13. The molecule has 4 heterocycles. The van der Waals surface area contributed by atoms with Gasteiger partial charge in [0, 0.05) is 37.0 Å². The van der Waals surface area contributed by atoms with Gasteiger partial charge in [0.2, 0.25) is 5.95 Å². The number of nitrogens with one attached hydrogen (secondary N) is 2. The molecular weight excluding hydrogens is 346 g/mol. The van der Waals surface area contributed by atoms with E-state index in [0.717, 1.165) is 11.5 Å². The molecule has 9 nitrogen and oxygen atoms in total. The van der Waals surface area contributed by atoms with Crippen molar-refractivity contribution in [2.45, 2.75) is 25.3 Å². The molecule has 140 valence electrons. The van der Waals surface area contributed by atoms with Gasteiger partial charge in [-0.05, 0) is 31.9 Å². The third kappa shape index (κ3) is 2.94. The Morgan fingerprint density at radius 1 is 1.22 bits per heavy atom. The highest BCUT2D eigenvalue weighted by molar-refractivity contribution is 6.07. The molecule has 2 aliphatic heterocycles. The standard InChI is InChI=1S/C18H21N7O2/c1-11-10-14(22-16(19)21-11)25-8-5-12(6-9-25)18(13-4-2-3-7-20-13)15(26)23-17(27)24-18/h2-4,7,10,12H,5-6,8-9H2,1H3,(H2,19,21,22)(H2,23,24,26,27)/t18-/m1/s1. The first-order valence-corrected chi connectivity index (χ1v) is 8.90. The van der Waals surface area contributed by atoms with Gasteiger partial charge in [-0.1, -0.05) is 6.07 Å². The lowest BCUT2D eigenvalue weighted by Gasteiger charge is -2.40. The van der Waals surface area contributed by atoms with Crippen LogP contribution in [0, 0.1) is 12.8 Å². The van der Waals surface area contributed by atoms with Crippen molar-refractivity contribution in [3.63, 3.8) is 0 Å². The van der Waals surface area contributed by atoms with Crippen LogP contribution in [0.4, 0.5) is 16.6 Å². The number of imide groups is 1. The van der Waals surface area contributed by atoms with Gasteiger partial charge in [-0.2, -0.15) is 4.98 Å². The first-order chi connectivity index (χ1) is 13.0. The van der Waals surface area contributed by atoms with Crippen molar-refractivity contribution in [3.8, 4) is 0 Å². The molecular formula is C18H21N7O2. The molecule has 3 amide bonds. The van der Waals surface area contributed by atoms with Crippen LogP contribution in [-0.2, 0) is 10.3 Å². The van der Waals surface area contributed by atoms with Gasteiger partial charge >= 0.3 is 6.03 Å². The maximum Gasteiger partial charge on any atom is 0.322 e. The van der Waals surface area contributed by atoms with E-state index in [0.29, 0.717) is 31.6 Å². The SMILES string of the molecule is Cc1cc(N2CCC([C@]3(c4ccccn4)NC(=O)NC3=O)CC2)nc(N)n1. The summed E-state index contributed by atoms with van der Waals surface area (Å²) in [7, 11) is 0. The van der Waals surface area contributed by atoms with Crippen molar-refractivity contribution in [1.82, 2.24) is 25.6 Å². The van der Waals surface area contributed by atoms with Crippen LogP contribution in [0.2, 0.25) is 0 Å². The number of urea groups is 1. The van der Waals surface area contributed by atoms with E-state index in [4.69, 9.17) is 5.73 Å². The van der Waals surface area contributed by atoms with Crippen LogP contribution in [0.5, 0.6) is 0 Å². The Morgan fingerprint density at radius 2 is 2.00 bits per heavy atom. The highest BCUT2D eigenvalue weighted by atomic mass is 16.2. The second kappa shape index (κ2) is 6.49. The van der Waals surface area contributed by atoms with Crippen LogP contribution in [-0.4, -0.2) is 40.0 Å². The Kier molecular flexibility index (Phi) is 4.14. The van der Waals surface area contributed by atoms with Crippen LogP contribution < -0.4 is 21.3 Å². The smallest absolute Gasteiger partial charge is 0.322 e. The third-order valence-corrected chi connectivity index (χ3v) is 5.25. The lowest BCUT2D eigenvalue weighted by Crippen LogP contribution is -2.54. The van der Waals surface area contributed by atoms with Crippen LogP contribution in [0.1, 0.15) is 24.2 Å². The molecule has 2 aromatic rings. The maximum absolute atomic E-state index is 12.8. The molecule has 0 unspecified atom stereocenters. The van der Waals surface area contributed by atoms with E-state index < -0.39 is 11.6 Å². The number of carbonyl (C=O) groups is 2. The monoisotopic (exact) mass is 367 g/mol. The number of nitrogens with zero attached hydrogens (tertiary/aromatic N) is 4. The average molecular weight is 367 g/mol. The van der Waals surface area contributed by atoms with E-state index >= 15 is 0 Å². The summed E-state index contributed by atoms with van der Waals surface area (Å²) in [6.07, 6.45) is 3.04. The number of piperidine rings is 1. The third-order valence-electron chi connectivity index (χ3n) is 5.25. The van der Waals surface area contributed by atoms with Gasteiger partial charge < -0.3 is 16.0 Å². The number of hydrogen-bond donors (Lipinski definition) is 3. The number of pyridine rings is 1. The summed E-state index contributed by atoms with van der Waals surface area (Å²) in [6.45, 7) is 3.26. The molecule has 9 heteroatoms. The van der Waals surface area contributed by atoms with Gasteiger partial charge in [-0.25, -0.2) is 9.78 Å². The minimum Gasteiger partial charge on any atom is -0.368 e. The Bertz CT molecular complexity index is 860. The second-order valence-corrected chi connectivity index (χ2v) is 6.92. The van der Waals surface area contributed by atoms with E-state index in [2.05, 4.69) is 30.5 Å². The van der Waals surface area contributed by atoms with E-state index in [-0.39, 0.29) is 17.8 Å². The molecule has 2 aromatic heterocycles. The van der Waals surface area contributed by atoms with Crippen molar-refractivity contribution in [3.05, 3.63) is 41.9 Å². The van der Waals surface area contributed by atoms with Crippen LogP contribution in [0.25, 0.3) is 0 Å². The van der Waals surface area contributed by atoms with Gasteiger partial charge in [-0.15, -0.1) is 0 Å². The number of amides is 3. The molecule has 0 spiro atoms. The number of aryl methyl sites for hydroxylation is 1. The summed E-state index contributed by atoms with van der Waals surface area (Å²) in [4.78, 5) is 39.6. The Balaban J connectivity index is 1.60. The minimum absolute atomic E-state index is 0.0737. The predicted octanol–water partition coefficient (Wildman–Crippen LogP) is 0.714. The van der Waals surface area contributed by atoms with Crippen LogP contribution >= 0.6 is 0 Å². The second-order valence-electron chi connectivity index (χ2n) is 6.92. The van der Waals surface area contributed by atoms with E-state index in [9.17, 15) is 9.59 Å². The summed E-state index contributed by atoms with van der Waals surface area (Å²) in [5, 5.41) is 5.23. The summed E-state index contributed by atoms with van der Waals surface area (Å²) in [5.41, 5.74) is 6.01. The highest BCUT2D eigenvalue weighted by Gasteiger charge is 2.54. The van der Waals surface area contributed by atoms with Crippen molar-refractivity contribution < 1.29 is 9.59 Å². The summed E-state index contributed by atoms with van der Waals surface area (Å²) >= 11 is 0. The predicted molar refractivity (Wildman–Crippen MR) is 98.7 cm³/mol. The van der Waals surface area contributed by atoms with Crippen molar-refractivity contribution in [2.24, 2.45) is 5.92 Å². The molecule has 27 heavy (non-hydrogen) atoms. The number of nitrogens with two attached hydrogens (primary N) is 1. The molecule has 0 saturated carbocycles. The van der Waals surface area contributed by atoms with Crippen molar-refractivity contribution in [2.75, 3.05) is 23.7 Å². The number of nitrogen functional groups attached to an aromatic ring is 1. The summed E-state index contributed by atoms with van der Waals surface area (Å²) in [6, 6.07) is 6.81. The van der Waals surface area contributed by atoms with E-state index in [1.165, 1.54) is 0 Å². The quantitative estimate of drug-likeness (QED) is 0.682. The zero-order chi connectivity index (χ0) is 19.0. The van der Waals surface area contributed by atoms with Crippen LogP contribution in [0.3, 0.4) is 0 Å². The number of carbonyl (C=O) groups excluding carboxylic acids is 2. The van der Waals surface area contributed by atoms with Gasteiger partial charge in [0.1, 0.15) is 5.82 Å².